The smallest absolute Gasteiger partial charge is 0.305 e. The van der Waals surface area contributed by atoms with E-state index in [1.54, 1.807) is 0 Å². The molecule has 0 amide bonds. The average molecular weight is 251 g/mol. The third kappa shape index (κ3) is 5.61. The van der Waals surface area contributed by atoms with Gasteiger partial charge in [-0.15, -0.1) is 0 Å². The minimum absolute atomic E-state index is 0.0647. The van der Waals surface area contributed by atoms with Gasteiger partial charge in [0.15, 0.2) is 0 Å². The highest BCUT2D eigenvalue weighted by atomic mass is 16.4. The molecule has 0 aliphatic carbocycles. The fourth-order valence-corrected chi connectivity index (χ4v) is 1.87. The van der Waals surface area contributed by atoms with Gasteiger partial charge in [-0.05, 0) is 18.8 Å². The molecule has 0 fully saturated rings. The first-order valence-electron chi connectivity index (χ1n) is 6.03. The van der Waals surface area contributed by atoms with Crippen LogP contribution in [0, 0.1) is 12.3 Å². The number of aromatic nitrogens is 2. The summed E-state index contributed by atoms with van der Waals surface area (Å²) < 4.78 is 0. The van der Waals surface area contributed by atoms with E-state index in [2.05, 4.69) is 36.1 Å². The number of nitrogens with one attached hydrogen (secondary N) is 1. The molecule has 0 aliphatic heterocycles. The van der Waals surface area contributed by atoms with Crippen molar-refractivity contribution in [3.63, 3.8) is 0 Å². The molecule has 1 aromatic rings. The number of nitrogens with zero attached hydrogens (tertiary/aromatic N) is 2. The monoisotopic (exact) mass is 251 g/mol. The Morgan fingerprint density at radius 2 is 2.11 bits per heavy atom. The van der Waals surface area contributed by atoms with Gasteiger partial charge in [-0.3, -0.25) is 4.79 Å². The lowest BCUT2D eigenvalue weighted by Gasteiger charge is -2.26. The zero-order valence-corrected chi connectivity index (χ0v) is 11.4. The Hall–Kier alpha value is -1.65. The van der Waals surface area contributed by atoms with Crippen LogP contribution in [0.1, 0.15) is 39.3 Å². The summed E-state index contributed by atoms with van der Waals surface area (Å²) in [7, 11) is 0. The van der Waals surface area contributed by atoms with Crippen molar-refractivity contribution in [3.05, 3.63) is 18.1 Å². The molecule has 0 saturated heterocycles. The maximum atomic E-state index is 10.9. The SMILES string of the molecule is Cc1cc(NC(CC(=O)O)CC(C)(C)C)ncn1. The van der Waals surface area contributed by atoms with Crippen LogP contribution in [0.25, 0.3) is 0 Å². The highest BCUT2D eigenvalue weighted by Gasteiger charge is 2.21. The molecule has 1 unspecified atom stereocenters. The van der Waals surface area contributed by atoms with Gasteiger partial charge in [0.1, 0.15) is 12.1 Å². The quantitative estimate of drug-likeness (QED) is 0.840. The zero-order chi connectivity index (χ0) is 13.8. The molecule has 0 bridgehead atoms. The lowest BCUT2D eigenvalue weighted by atomic mass is 9.87. The average Bonchev–Trinajstić information content (AvgIpc) is 2.12. The van der Waals surface area contributed by atoms with Gasteiger partial charge >= 0.3 is 5.97 Å². The first kappa shape index (κ1) is 14.4. The lowest BCUT2D eigenvalue weighted by Crippen LogP contribution is -2.28. The van der Waals surface area contributed by atoms with Crippen molar-refractivity contribution in [1.29, 1.82) is 0 Å². The van der Waals surface area contributed by atoms with E-state index in [0.29, 0.717) is 5.82 Å². The molecule has 1 atom stereocenters. The molecule has 1 aromatic heterocycles. The number of rotatable bonds is 5. The second-order valence-corrected chi connectivity index (χ2v) is 5.75. The Bertz CT molecular complexity index is 413. The molecule has 18 heavy (non-hydrogen) atoms. The number of carboxylic acids is 1. The molecule has 2 N–H and O–H groups in total. The van der Waals surface area contributed by atoms with Crippen molar-refractivity contribution in [1.82, 2.24) is 9.97 Å². The Kier molecular flexibility index (Phi) is 4.64. The summed E-state index contributed by atoms with van der Waals surface area (Å²) in [5, 5.41) is 12.1. The summed E-state index contributed by atoms with van der Waals surface area (Å²) in [4.78, 5) is 19.0. The van der Waals surface area contributed by atoms with Gasteiger partial charge < -0.3 is 10.4 Å². The maximum Gasteiger partial charge on any atom is 0.305 e. The third-order valence-electron chi connectivity index (χ3n) is 2.44. The highest BCUT2D eigenvalue weighted by molar-refractivity contribution is 5.68. The summed E-state index contributed by atoms with van der Waals surface area (Å²) in [6.45, 7) is 8.15. The topological polar surface area (TPSA) is 75.1 Å². The van der Waals surface area contributed by atoms with Crippen molar-refractivity contribution < 1.29 is 9.90 Å². The summed E-state index contributed by atoms with van der Waals surface area (Å²) in [5.74, 6) is -0.125. The fourth-order valence-electron chi connectivity index (χ4n) is 1.87. The molecule has 0 saturated carbocycles. The number of aliphatic carboxylic acids is 1. The van der Waals surface area contributed by atoms with E-state index < -0.39 is 5.97 Å². The van der Waals surface area contributed by atoms with Crippen molar-refractivity contribution in [2.45, 2.75) is 46.6 Å². The molecule has 0 aromatic carbocycles. The van der Waals surface area contributed by atoms with Crippen LogP contribution in [0.4, 0.5) is 5.82 Å². The van der Waals surface area contributed by atoms with Gasteiger partial charge in [0.2, 0.25) is 0 Å². The van der Waals surface area contributed by atoms with E-state index >= 15 is 0 Å². The van der Waals surface area contributed by atoms with Crippen molar-refractivity contribution in [2.75, 3.05) is 5.32 Å². The van der Waals surface area contributed by atoms with Crippen LogP contribution in [0.2, 0.25) is 0 Å². The zero-order valence-electron chi connectivity index (χ0n) is 11.4. The van der Waals surface area contributed by atoms with Crippen LogP contribution in [0.5, 0.6) is 0 Å². The number of carbonyl (C=O) groups is 1. The van der Waals surface area contributed by atoms with Crippen LogP contribution in [0.15, 0.2) is 12.4 Å². The number of hydrogen-bond acceptors (Lipinski definition) is 4. The Balaban J connectivity index is 2.74. The normalized spacial score (nSPS) is 13.1. The number of carboxylic acid groups (broad SMARTS) is 1. The number of anilines is 1. The molecule has 1 heterocycles. The van der Waals surface area contributed by atoms with Crippen LogP contribution in [0.3, 0.4) is 0 Å². The van der Waals surface area contributed by atoms with E-state index in [9.17, 15) is 4.79 Å². The second-order valence-electron chi connectivity index (χ2n) is 5.75. The highest BCUT2D eigenvalue weighted by Crippen LogP contribution is 2.24. The van der Waals surface area contributed by atoms with Gasteiger partial charge in [-0.1, -0.05) is 20.8 Å². The summed E-state index contributed by atoms with van der Waals surface area (Å²) in [6, 6.07) is 1.69. The van der Waals surface area contributed by atoms with Crippen LogP contribution in [-0.2, 0) is 4.79 Å². The molecule has 1 rings (SSSR count). The fraction of sp³-hybridized carbons (Fsp3) is 0.615. The summed E-state index contributed by atoms with van der Waals surface area (Å²) >= 11 is 0. The molecule has 0 spiro atoms. The minimum atomic E-state index is -0.803. The van der Waals surface area contributed by atoms with Crippen LogP contribution < -0.4 is 5.32 Å². The van der Waals surface area contributed by atoms with E-state index in [1.165, 1.54) is 6.33 Å². The number of hydrogen-bond donors (Lipinski definition) is 2. The number of aryl methyl sites for hydroxylation is 1. The van der Waals surface area contributed by atoms with Gasteiger partial charge in [-0.2, -0.15) is 0 Å². The first-order valence-corrected chi connectivity index (χ1v) is 6.03. The molecule has 5 nitrogen and oxygen atoms in total. The summed E-state index contributed by atoms with van der Waals surface area (Å²) in [6.07, 6.45) is 2.33. The molecule has 0 aliphatic rings. The van der Waals surface area contributed by atoms with Crippen molar-refractivity contribution >= 4 is 11.8 Å². The van der Waals surface area contributed by atoms with E-state index in [4.69, 9.17) is 5.11 Å². The van der Waals surface area contributed by atoms with Gasteiger partial charge in [0.25, 0.3) is 0 Å². The Morgan fingerprint density at radius 1 is 1.44 bits per heavy atom. The van der Waals surface area contributed by atoms with E-state index in [-0.39, 0.29) is 17.9 Å². The van der Waals surface area contributed by atoms with Crippen molar-refractivity contribution in [2.24, 2.45) is 5.41 Å². The standard InChI is InChI=1S/C13H21N3O2/c1-9-5-11(15-8-14-9)16-10(6-12(17)18)7-13(2,3)4/h5,8,10H,6-7H2,1-4H3,(H,17,18)(H,14,15,16). The van der Waals surface area contributed by atoms with Gasteiger partial charge in [0, 0.05) is 17.8 Å². The predicted molar refractivity (Wildman–Crippen MR) is 70.5 cm³/mol. The summed E-state index contributed by atoms with van der Waals surface area (Å²) in [5.41, 5.74) is 0.923. The molecule has 100 valence electrons. The Labute approximate surface area is 108 Å². The molecule has 5 heteroatoms. The van der Waals surface area contributed by atoms with Gasteiger partial charge in [0.05, 0.1) is 6.42 Å². The maximum absolute atomic E-state index is 10.9. The van der Waals surface area contributed by atoms with Crippen LogP contribution >= 0.6 is 0 Å². The largest absolute Gasteiger partial charge is 0.481 e. The first-order chi connectivity index (χ1) is 8.26. The predicted octanol–water partition coefficient (Wildman–Crippen LogP) is 2.48. The van der Waals surface area contributed by atoms with E-state index in [1.807, 2.05) is 13.0 Å². The van der Waals surface area contributed by atoms with Crippen LogP contribution in [-0.4, -0.2) is 27.1 Å². The van der Waals surface area contributed by atoms with Crippen molar-refractivity contribution in [3.8, 4) is 0 Å². The van der Waals surface area contributed by atoms with Gasteiger partial charge in [-0.25, -0.2) is 9.97 Å². The minimum Gasteiger partial charge on any atom is -0.481 e. The molecular weight excluding hydrogens is 230 g/mol. The second kappa shape index (κ2) is 5.80. The lowest BCUT2D eigenvalue weighted by molar-refractivity contribution is -0.137. The molecular formula is C13H21N3O2. The van der Waals surface area contributed by atoms with E-state index in [0.717, 1.165) is 12.1 Å². The Morgan fingerprint density at radius 3 is 2.61 bits per heavy atom. The third-order valence-corrected chi connectivity index (χ3v) is 2.44. The molecule has 0 radical (unpaired) electrons.